The van der Waals surface area contributed by atoms with Gasteiger partial charge < -0.3 is 24.8 Å². The van der Waals surface area contributed by atoms with E-state index in [1.54, 1.807) is 25.6 Å². The molecule has 0 saturated heterocycles. The molecule has 0 radical (unpaired) electrons. The number of hydrogen-bond acceptors (Lipinski definition) is 8. The Kier molecular flexibility index (Phi) is 8.51. The van der Waals surface area contributed by atoms with Gasteiger partial charge in [0.1, 0.15) is 17.2 Å². The highest BCUT2D eigenvalue weighted by atomic mass is 35.5. The maximum absolute atomic E-state index is 12.2. The normalized spacial score (nSPS) is 12.2. The first-order chi connectivity index (χ1) is 18.5. The minimum Gasteiger partial charge on any atom is -0.493 e. The second-order valence-corrected chi connectivity index (χ2v) is 11.6. The molecule has 1 atom stereocenters. The Hall–Kier alpha value is -3.56. The lowest BCUT2D eigenvalue weighted by Gasteiger charge is -2.20. The van der Waals surface area contributed by atoms with Crippen molar-refractivity contribution in [3.63, 3.8) is 0 Å². The van der Waals surface area contributed by atoms with E-state index in [0.717, 1.165) is 31.8 Å². The second kappa shape index (κ2) is 11.7. The fourth-order valence-electron chi connectivity index (χ4n) is 4.15. The van der Waals surface area contributed by atoms with Gasteiger partial charge in [0.25, 0.3) is 0 Å². The number of nitrogens with zero attached hydrogens (tertiary/aromatic N) is 2. The lowest BCUT2D eigenvalue weighted by Crippen LogP contribution is -2.32. The third kappa shape index (κ3) is 6.72. The van der Waals surface area contributed by atoms with E-state index in [1.807, 2.05) is 64.1 Å². The van der Waals surface area contributed by atoms with Crippen LogP contribution < -0.4 is 20.1 Å². The summed E-state index contributed by atoms with van der Waals surface area (Å²) in [5.74, 6) is 2.58. The molecule has 2 aromatic carbocycles. The van der Waals surface area contributed by atoms with Gasteiger partial charge in [-0.15, -0.1) is 11.3 Å². The van der Waals surface area contributed by atoms with Crippen LogP contribution in [0.3, 0.4) is 0 Å². The van der Waals surface area contributed by atoms with E-state index in [-0.39, 0.29) is 6.04 Å². The van der Waals surface area contributed by atoms with E-state index in [1.165, 1.54) is 0 Å². The molecule has 39 heavy (non-hydrogen) atoms. The third-order valence-electron chi connectivity index (χ3n) is 5.89. The molecule has 0 bridgehead atoms. The van der Waals surface area contributed by atoms with Crippen molar-refractivity contribution in [2.45, 2.75) is 52.8 Å². The number of thiophene rings is 1. The van der Waals surface area contributed by atoms with Crippen LogP contribution in [-0.4, -0.2) is 35.9 Å². The first-order valence-electron chi connectivity index (χ1n) is 12.5. The van der Waals surface area contributed by atoms with Gasteiger partial charge in [0.15, 0.2) is 11.5 Å². The number of carbonyl (C=O) groups is 1. The summed E-state index contributed by atoms with van der Waals surface area (Å²) in [6.45, 7) is 9.73. The molecular weight excluding hydrogens is 536 g/mol. The van der Waals surface area contributed by atoms with E-state index >= 15 is 0 Å². The van der Waals surface area contributed by atoms with E-state index < -0.39 is 11.7 Å². The molecule has 0 spiro atoms. The number of rotatable bonds is 8. The number of nitrogens with one attached hydrogen (secondary N) is 2. The van der Waals surface area contributed by atoms with Gasteiger partial charge in [-0.2, -0.15) is 0 Å². The lowest BCUT2D eigenvalue weighted by atomic mass is 10.1. The van der Waals surface area contributed by atoms with Crippen LogP contribution in [0.5, 0.6) is 11.5 Å². The summed E-state index contributed by atoms with van der Waals surface area (Å²) in [4.78, 5) is 23.6. The lowest BCUT2D eigenvalue weighted by molar-refractivity contribution is 0.0523. The number of aromatic nitrogens is 2. The number of benzene rings is 2. The van der Waals surface area contributed by atoms with Crippen LogP contribution in [0.1, 0.15) is 50.0 Å². The number of halogens is 1. The van der Waals surface area contributed by atoms with E-state index in [2.05, 4.69) is 33.6 Å². The monoisotopic (exact) mass is 568 g/mol. The fraction of sp³-hybridized carbons (Fsp3) is 0.345. The molecular formula is C29H33ClN4O4S. The van der Waals surface area contributed by atoms with Gasteiger partial charge in [-0.1, -0.05) is 23.7 Å². The van der Waals surface area contributed by atoms with Crippen LogP contribution in [0.15, 0.2) is 42.5 Å². The van der Waals surface area contributed by atoms with Crippen LogP contribution in [0.2, 0.25) is 5.02 Å². The fourth-order valence-corrected chi connectivity index (χ4v) is 5.61. The molecule has 2 N–H and O–H groups in total. The molecule has 206 valence electrons. The van der Waals surface area contributed by atoms with Crippen molar-refractivity contribution in [3.05, 3.63) is 63.8 Å². The van der Waals surface area contributed by atoms with Crippen molar-refractivity contribution in [1.29, 1.82) is 0 Å². The largest absolute Gasteiger partial charge is 0.493 e. The van der Waals surface area contributed by atoms with Crippen LogP contribution in [0, 0.1) is 6.92 Å². The van der Waals surface area contributed by atoms with Crippen molar-refractivity contribution >= 4 is 45.8 Å². The zero-order chi connectivity index (χ0) is 28.3. The highest BCUT2D eigenvalue weighted by Crippen LogP contribution is 2.39. The molecule has 0 aliphatic rings. The van der Waals surface area contributed by atoms with Gasteiger partial charge in [-0.25, -0.2) is 14.8 Å². The summed E-state index contributed by atoms with van der Waals surface area (Å²) < 4.78 is 16.3. The summed E-state index contributed by atoms with van der Waals surface area (Å²) >= 11 is 8.28. The maximum Gasteiger partial charge on any atom is 0.407 e. The molecule has 2 aromatic heterocycles. The minimum atomic E-state index is -0.572. The van der Waals surface area contributed by atoms with Gasteiger partial charge in [-0.3, -0.25) is 0 Å². The van der Waals surface area contributed by atoms with Gasteiger partial charge >= 0.3 is 6.09 Å². The number of anilines is 1. The molecule has 10 heteroatoms. The Labute approximate surface area is 237 Å². The van der Waals surface area contributed by atoms with E-state index in [0.29, 0.717) is 34.7 Å². The predicted octanol–water partition coefficient (Wildman–Crippen LogP) is 7.54. The highest BCUT2D eigenvalue weighted by Gasteiger charge is 2.19. The van der Waals surface area contributed by atoms with Crippen LogP contribution in [0.4, 0.5) is 10.6 Å². The Morgan fingerprint density at radius 3 is 2.49 bits per heavy atom. The molecule has 0 saturated carbocycles. The summed E-state index contributed by atoms with van der Waals surface area (Å²) in [7, 11) is 3.21. The molecule has 0 fully saturated rings. The predicted molar refractivity (Wildman–Crippen MR) is 157 cm³/mol. The average molecular weight is 569 g/mol. The van der Waals surface area contributed by atoms with Gasteiger partial charge in [0, 0.05) is 38.3 Å². The molecule has 4 rings (SSSR count). The number of amides is 1. The summed E-state index contributed by atoms with van der Waals surface area (Å²) in [5.41, 5.74) is 1.98. The quantitative estimate of drug-likeness (QED) is 0.227. The smallest absolute Gasteiger partial charge is 0.407 e. The molecule has 8 nitrogen and oxygen atoms in total. The number of methoxy groups -OCH3 is 2. The molecule has 1 amide bonds. The first-order valence-corrected chi connectivity index (χ1v) is 13.7. The number of carbonyl (C=O) groups excluding carboxylic acids is 1. The number of fused-ring (bicyclic) bond motifs is 1. The SMILES string of the molecule is COc1cc2nc(C)nc(NC(C)c3ccc(-c4c(Cl)cccc4CNC(=O)OC(C)(C)C)s3)c2cc1OC. The van der Waals surface area contributed by atoms with Crippen LogP contribution in [-0.2, 0) is 11.3 Å². The Morgan fingerprint density at radius 2 is 1.79 bits per heavy atom. The molecule has 0 aliphatic carbocycles. The molecule has 0 aliphatic heterocycles. The topological polar surface area (TPSA) is 94.6 Å². The Morgan fingerprint density at radius 1 is 1.08 bits per heavy atom. The summed E-state index contributed by atoms with van der Waals surface area (Å²) in [6, 6.07) is 13.5. The molecule has 2 heterocycles. The average Bonchev–Trinajstić information content (AvgIpc) is 3.35. The summed E-state index contributed by atoms with van der Waals surface area (Å²) in [5, 5.41) is 7.83. The number of alkyl carbamates (subject to hydrolysis) is 1. The zero-order valence-corrected chi connectivity index (χ0v) is 24.7. The van der Waals surface area contributed by atoms with Gasteiger partial charge in [0.2, 0.25) is 0 Å². The first kappa shape index (κ1) is 28.4. The molecule has 4 aromatic rings. The third-order valence-corrected chi connectivity index (χ3v) is 7.49. The number of aryl methyl sites for hydroxylation is 1. The van der Waals surface area contributed by atoms with Crippen molar-refractivity contribution in [1.82, 2.24) is 15.3 Å². The Balaban J connectivity index is 1.59. The van der Waals surface area contributed by atoms with Gasteiger partial charge in [-0.05, 0) is 64.4 Å². The highest BCUT2D eigenvalue weighted by molar-refractivity contribution is 7.15. The second-order valence-electron chi connectivity index (χ2n) is 10.0. The van der Waals surface area contributed by atoms with E-state index in [4.69, 9.17) is 25.8 Å². The van der Waals surface area contributed by atoms with Crippen molar-refractivity contribution in [2.75, 3.05) is 19.5 Å². The Bertz CT molecular complexity index is 1500. The summed E-state index contributed by atoms with van der Waals surface area (Å²) in [6.07, 6.45) is -0.472. The van der Waals surface area contributed by atoms with E-state index in [9.17, 15) is 4.79 Å². The van der Waals surface area contributed by atoms with Crippen molar-refractivity contribution in [2.24, 2.45) is 0 Å². The van der Waals surface area contributed by atoms with Gasteiger partial charge in [0.05, 0.1) is 25.8 Å². The van der Waals surface area contributed by atoms with Crippen LogP contribution >= 0.6 is 22.9 Å². The van der Waals surface area contributed by atoms with Crippen LogP contribution in [0.25, 0.3) is 21.3 Å². The number of hydrogen-bond donors (Lipinski definition) is 2. The van der Waals surface area contributed by atoms with Crippen molar-refractivity contribution < 1.29 is 19.0 Å². The standard InChI is InChI=1S/C29H33ClN4O4S/c1-16(32-27-19-13-22(36-6)23(37-7)14-21(19)33-17(2)34-27)24-11-12-25(39-24)26-18(9-8-10-20(26)30)15-31-28(35)38-29(3,4)5/h8-14,16H,15H2,1-7H3,(H,31,35)(H,32,33,34). The minimum absolute atomic E-state index is 0.0554. The zero-order valence-electron chi connectivity index (χ0n) is 23.1. The molecule has 1 unspecified atom stereocenters. The van der Waals surface area contributed by atoms with Crippen molar-refractivity contribution in [3.8, 4) is 21.9 Å². The maximum atomic E-state index is 12.2. The number of ether oxygens (including phenoxy) is 3.